The highest BCUT2D eigenvalue weighted by Crippen LogP contribution is 2.32. The van der Waals surface area contributed by atoms with Gasteiger partial charge in [-0.05, 0) is 40.2 Å². The second-order valence-electron chi connectivity index (χ2n) is 3.52. The molecule has 10 heteroatoms. The van der Waals surface area contributed by atoms with Crippen molar-refractivity contribution < 1.29 is 13.6 Å². The Morgan fingerprint density at radius 3 is 2.55 bits per heavy atom. The third-order valence-electron chi connectivity index (χ3n) is 2.21. The lowest BCUT2D eigenvalue weighted by atomic mass is 10.3. The van der Waals surface area contributed by atoms with E-state index in [-0.39, 0.29) is 0 Å². The van der Waals surface area contributed by atoms with Gasteiger partial charge in [-0.2, -0.15) is 0 Å². The molecule has 1 atom stereocenters. The van der Waals surface area contributed by atoms with Gasteiger partial charge in [0.2, 0.25) is 0 Å². The van der Waals surface area contributed by atoms with Crippen LogP contribution in [0.5, 0.6) is 0 Å². The number of amides is 2. The van der Waals surface area contributed by atoms with Crippen molar-refractivity contribution in [2.75, 3.05) is 9.62 Å². The Kier molecular flexibility index (Phi) is 4.70. The standard InChI is InChI=1S/C10H9BrN4O3S2/c11-8-5-13-10(19-8)15(9(12)16)7-3-1-6(2-4-7)14-20(17)18/h1-5,14H,(H2,12,16)(H,17,18). The van der Waals surface area contributed by atoms with Crippen LogP contribution in [0.4, 0.5) is 21.3 Å². The largest absolute Gasteiger partial charge is 0.351 e. The maximum absolute atomic E-state index is 11.6. The van der Waals surface area contributed by atoms with Crippen molar-refractivity contribution in [1.29, 1.82) is 0 Å². The molecule has 0 aliphatic carbocycles. The molecular weight excluding hydrogens is 368 g/mol. The normalized spacial score (nSPS) is 11.9. The Hall–Kier alpha value is -1.49. The Morgan fingerprint density at radius 1 is 1.45 bits per heavy atom. The second-order valence-corrected chi connectivity index (χ2v) is 6.61. The molecule has 2 amide bonds. The number of hydrogen-bond acceptors (Lipinski definition) is 4. The molecule has 0 aliphatic rings. The first kappa shape index (κ1) is 14.9. The number of carbonyl (C=O) groups excluding carboxylic acids is 1. The number of aromatic nitrogens is 1. The van der Waals surface area contributed by atoms with Crippen LogP contribution in [-0.4, -0.2) is 19.8 Å². The van der Waals surface area contributed by atoms with E-state index in [9.17, 15) is 9.00 Å². The Balaban J connectivity index is 2.31. The summed E-state index contributed by atoms with van der Waals surface area (Å²) in [5, 5.41) is 0.427. The highest BCUT2D eigenvalue weighted by molar-refractivity contribution is 9.11. The topological polar surface area (TPSA) is 109 Å². The minimum atomic E-state index is -2.15. The number of urea groups is 1. The van der Waals surface area contributed by atoms with E-state index < -0.39 is 17.3 Å². The maximum Gasteiger partial charge on any atom is 0.325 e. The molecule has 0 aliphatic heterocycles. The van der Waals surface area contributed by atoms with E-state index in [1.165, 1.54) is 16.2 Å². The van der Waals surface area contributed by atoms with E-state index in [0.717, 1.165) is 3.79 Å². The van der Waals surface area contributed by atoms with Crippen LogP contribution in [0.15, 0.2) is 34.2 Å². The third-order valence-corrected chi connectivity index (χ3v) is 4.08. The first-order valence-corrected chi connectivity index (χ1v) is 7.87. The minimum absolute atomic E-state index is 0.427. The maximum atomic E-state index is 11.6. The molecule has 2 rings (SSSR count). The van der Waals surface area contributed by atoms with Gasteiger partial charge in [0.15, 0.2) is 5.13 Å². The summed E-state index contributed by atoms with van der Waals surface area (Å²) in [6.45, 7) is 0. The fourth-order valence-corrected chi connectivity index (χ4v) is 3.01. The molecule has 0 radical (unpaired) electrons. The summed E-state index contributed by atoms with van der Waals surface area (Å²) in [5.41, 5.74) is 6.31. The number of thiazole rings is 1. The Labute approximate surface area is 129 Å². The fraction of sp³-hybridized carbons (Fsp3) is 0. The lowest BCUT2D eigenvalue weighted by Gasteiger charge is -2.17. The van der Waals surface area contributed by atoms with Gasteiger partial charge < -0.3 is 5.73 Å². The zero-order chi connectivity index (χ0) is 14.7. The molecule has 1 aromatic carbocycles. The van der Waals surface area contributed by atoms with Crippen molar-refractivity contribution in [2.45, 2.75) is 0 Å². The van der Waals surface area contributed by atoms with Crippen LogP contribution < -0.4 is 15.4 Å². The van der Waals surface area contributed by atoms with Crippen LogP contribution in [0.3, 0.4) is 0 Å². The number of nitrogens with zero attached hydrogens (tertiary/aromatic N) is 2. The molecule has 2 aromatic rings. The number of carbonyl (C=O) groups is 1. The molecule has 106 valence electrons. The zero-order valence-electron chi connectivity index (χ0n) is 9.82. The quantitative estimate of drug-likeness (QED) is 0.712. The van der Waals surface area contributed by atoms with Crippen LogP contribution in [0.2, 0.25) is 0 Å². The van der Waals surface area contributed by atoms with E-state index >= 15 is 0 Å². The highest BCUT2D eigenvalue weighted by atomic mass is 79.9. The Bertz CT molecular complexity index is 646. The van der Waals surface area contributed by atoms with Crippen molar-refractivity contribution in [3.63, 3.8) is 0 Å². The molecule has 0 spiro atoms. The molecule has 1 heterocycles. The number of hydrogen-bond donors (Lipinski definition) is 3. The van der Waals surface area contributed by atoms with Gasteiger partial charge in [0.25, 0.3) is 11.3 Å². The number of anilines is 3. The predicted molar refractivity (Wildman–Crippen MR) is 82.4 cm³/mol. The van der Waals surface area contributed by atoms with Gasteiger partial charge in [0.1, 0.15) is 0 Å². The second kappa shape index (κ2) is 6.31. The smallest absolute Gasteiger partial charge is 0.325 e. The van der Waals surface area contributed by atoms with Gasteiger partial charge in [-0.3, -0.25) is 9.27 Å². The number of nitrogens with one attached hydrogen (secondary N) is 1. The van der Waals surface area contributed by atoms with Crippen LogP contribution in [0.25, 0.3) is 0 Å². The molecule has 0 saturated heterocycles. The molecule has 20 heavy (non-hydrogen) atoms. The first-order chi connectivity index (χ1) is 9.47. The van der Waals surface area contributed by atoms with Gasteiger partial charge in [-0.1, -0.05) is 11.3 Å². The summed E-state index contributed by atoms with van der Waals surface area (Å²) in [6.07, 6.45) is 1.57. The van der Waals surface area contributed by atoms with Gasteiger partial charge in [-0.25, -0.2) is 18.9 Å². The van der Waals surface area contributed by atoms with Crippen LogP contribution in [0.1, 0.15) is 0 Å². The third kappa shape index (κ3) is 3.54. The number of rotatable bonds is 4. The first-order valence-electron chi connectivity index (χ1n) is 5.16. The SMILES string of the molecule is NC(=O)N(c1ccc(NS(=O)O)cc1)c1ncc(Br)s1. The fourth-order valence-electron chi connectivity index (χ4n) is 1.46. The summed E-state index contributed by atoms with van der Waals surface area (Å²) in [4.78, 5) is 16.9. The summed E-state index contributed by atoms with van der Waals surface area (Å²) in [7, 11) is 0. The summed E-state index contributed by atoms with van der Waals surface area (Å²) < 4.78 is 22.4. The van der Waals surface area contributed by atoms with E-state index in [4.69, 9.17) is 10.3 Å². The summed E-state index contributed by atoms with van der Waals surface area (Å²) >= 11 is 2.38. The summed E-state index contributed by atoms with van der Waals surface area (Å²) in [6, 6.07) is 5.63. The van der Waals surface area contributed by atoms with Gasteiger partial charge in [-0.15, -0.1) is 0 Å². The average molecular weight is 377 g/mol. The van der Waals surface area contributed by atoms with Crippen molar-refractivity contribution in [3.8, 4) is 0 Å². The van der Waals surface area contributed by atoms with Crippen molar-refractivity contribution >= 4 is 61.1 Å². The molecular formula is C10H9BrN4O3S2. The zero-order valence-corrected chi connectivity index (χ0v) is 13.0. The van der Waals surface area contributed by atoms with Gasteiger partial charge in [0, 0.05) is 5.69 Å². The average Bonchev–Trinajstić information content (AvgIpc) is 2.77. The lowest BCUT2D eigenvalue weighted by Crippen LogP contribution is -2.31. The van der Waals surface area contributed by atoms with E-state index in [2.05, 4.69) is 25.6 Å². The van der Waals surface area contributed by atoms with Crippen molar-refractivity contribution in [1.82, 2.24) is 4.98 Å². The van der Waals surface area contributed by atoms with Crippen LogP contribution in [0, 0.1) is 0 Å². The van der Waals surface area contributed by atoms with Crippen molar-refractivity contribution in [3.05, 3.63) is 34.2 Å². The minimum Gasteiger partial charge on any atom is -0.351 e. The lowest BCUT2D eigenvalue weighted by molar-refractivity contribution is 0.256. The monoisotopic (exact) mass is 376 g/mol. The number of primary amides is 1. The predicted octanol–water partition coefficient (Wildman–Crippen LogP) is 2.67. The van der Waals surface area contributed by atoms with Crippen molar-refractivity contribution in [2.24, 2.45) is 5.73 Å². The molecule has 0 bridgehead atoms. The number of halogens is 1. The van der Waals surface area contributed by atoms with Gasteiger partial charge >= 0.3 is 6.03 Å². The molecule has 0 fully saturated rings. The Morgan fingerprint density at radius 2 is 2.10 bits per heavy atom. The molecule has 4 N–H and O–H groups in total. The number of benzene rings is 1. The van der Waals surface area contributed by atoms with Crippen LogP contribution in [-0.2, 0) is 11.3 Å². The van der Waals surface area contributed by atoms with E-state index in [1.54, 1.807) is 30.5 Å². The van der Waals surface area contributed by atoms with Crippen LogP contribution >= 0.6 is 27.3 Å². The highest BCUT2D eigenvalue weighted by Gasteiger charge is 2.18. The molecule has 0 saturated carbocycles. The molecule has 1 aromatic heterocycles. The van der Waals surface area contributed by atoms with Gasteiger partial charge in [0.05, 0.1) is 15.7 Å². The molecule has 1 unspecified atom stereocenters. The van der Waals surface area contributed by atoms with E-state index in [1.807, 2.05) is 0 Å². The summed E-state index contributed by atoms with van der Waals surface area (Å²) in [5.74, 6) is 0. The number of nitrogens with two attached hydrogens (primary N) is 1. The van der Waals surface area contributed by atoms with E-state index in [0.29, 0.717) is 16.5 Å². The molecule has 7 nitrogen and oxygen atoms in total.